The van der Waals surface area contributed by atoms with Gasteiger partial charge >= 0.3 is 0 Å². The number of aromatic nitrogens is 6. The largest absolute Gasteiger partial charge is 0.457 e. The minimum Gasteiger partial charge on any atom is -0.457 e. The Kier molecular flexibility index (Phi) is 9.06. The zero-order chi connectivity index (χ0) is 42.4. The molecule has 0 aliphatic rings. The Morgan fingerprint density at radius 2 is 0.984 bits per heavy atom. The molecule has 0 amide bonds. The summed E-state index contributed by atoms with van der Waals surface area (Å²) in [4.78, 5) is 24.8. The van der Waals surface area contributed by atoms with Crippen LogP contribution < -0.4 is 14.4 Å². The summed E-state index contributed by atoms with van der Waals surface area (Å²) in [5.74, 6) is 4.35. The number of benzene rings is 6. The molecule has 0 N–H and O–H groups in total. The summed E-state index contributed by atoms with van der Waals surface area (Å²) in [5, 5.41) is 4.26. The van der Waals surface area contributed by atoms with Crippen LogP contribution in [0, 0.1) is 6.57 Å². The van der Waals surface area contributed by atoms with Crippen molar-refractivity contribution >= 4 is 55.0 Å². The van der Waals surface area contributed by atoms with Crippen molar-refractivity contribution in [2.24, 2.45) is 0 Å². The normalized spacial score (nSPS) is 11.3. The van der Waals surface area contributed by atoms with Crippen LogP contribution in [0.1, 0.15) is 0 Å². The minimum absolute atomic E-state index is 0.588. The van der Waals surface area contributed by atoms with Crippen molar-refractivity contribution in [3.8, 4) is 57.1 Å². The molecule has 0 atom stereocenters. The molecule has 0 spiro atoms. The molecular weight excluding hydrogens is 781 g/mol. The third-order valence-corrected chi connectivity index (χ3v) is 11.2. The van der Waals surface area contributed by atoms with Crippen molar-refractivity contribution in [3.63, 3.8) is 0 Å². The first-order valence-corrected chi connectivity index (χ1v) is 20.4. The minimum atomic E-state index is 0.588. The number of hydrogen-bond donors (Lipinski definition) is 0. The van der Waals surface area contributed by atoms with Gasteiger partial charge in [0.05, 0.1) is 52.4 Å². The smallest absolute Gasteiger partial charge is 0.188 e. The Bertz CT molecular complexity index is 3560. The van der Waals surface area contributed by atoms with Crippen molar-refractivity contribution in [1.82, 2.24) is 29.1 Å². The molecule has 6 aromatic carbocycles. The molecule has 0 aliphatic heterocycles. The lowest BCUT2D eigenvalue weighted by atomic mass is 10.1. The Morgan fingerprint density at radius 1 is 0.460 bits per heavy atom. The molecule has 11 aromatic rings. The van der Waals surface area contributed by atoms with Gasteiger partial charge in [0.15, 0.2) is 5.69 Å². The van der Waals surface area contributed by atoms with Crippen LogP contribution in [0.25, 0.3) is 82.6 Å². The van der Waals surface area contributed by atoms with E-state index in [1.165, 1.54) is 0 Å². The van der Waals surface area contributed by atoms with Gasteiger partial charge < -0.3 is 14.4 Å². The van der Waals surface area contributed by atoms with Crippen molar-refractivity contribution in [1.29, 1.82) is 0 Å². The van der Waals surface area contributed by atoms with Gasteiger partial charge in [-0.1, -0.05) is 42.5 Å². The average Bonchev–Trinajstić information content (AvgIpc) is 3.83. The zero-order valence-corrected chi connectivity index (χ0v) is 34.2. The van der Waals surface area contributed by atoms with Crippen LogP contribution in [-0.2, 0) is 0 Å². The molecule has 10 heteroatoms. The second-order valence-corrected chi connectivity index (χ2v) is 15.4. The van der Waals surface area contributed by atoms with Gasteiger partial charge in [0.2, 0.25) is 0 Å². The van der Waals surface area contributed by atoms with E-state index in [4.69, 9.17) is 31.0 Å². The maximum absolute atomic E-state index is 7.57. The predicted molar refractivity (Wildman–Crippen MR) is 251 cm³/mol. The topological polar surface area (TPSA) is 87.5 Å². The predicted octanol–water partition coefficient (Wildman–Crippen LogP) is 13.0. The molecule has 63 heavy (non-hydrogen) atoms. The van der Waals surface area contributed by atoms with E-state index in [9.17, 15) is 0 Å². The fraction of sp³-hybridized carbons (Fsp3) is 0.0377. The third kappa shape index (κ3) is 6.80. The van der Waals surface area contributed by atoms with E-state index in [0.29, 0.717) is 34.4 Å². The maximum atomic E-state index is 7.57. The SMILES string of the molecule is [C-]#[N+]c1ccc2c(c1)c1ccc(Oc3cccc(-c4cnc(-c5cccc(Oc6ccc7c8cc(N(C)C)ccc8n(-c8ccccn8)c7c6)c5)cn4)c3)cc1n2-c1ccccn1. The first-order valence-electron chi connectivity index (χ1n) is 20.4. The molecule has 10 nitrogen and oxygen atoms in total. The van der Waals surface area contributed by atoms with Crippen molar-refractivity contribution in [3.05, 3.63) is 194 Å². The zero-order valence-electron chi connectivity index (χ0n) is 34.2. The molecule has 5 aromatic heterocycles. The summed E-state index contributed by atoms with van der Waals surface area (Å²) in [6, 6.07) is 52.0. The molecule has 0 saturated carbocycles. The van der Waals surface area contributed by atoms with E-state index in [-0.39, 0.29) is 0 Å². The van der Waals surface area contributed by atoms with Crippen LogP contribution >= 0.6 is 0 Å². The van der Waals surface area contributed by atoms with Crippen molar-refractivity contribution in [2.45, 2.75) is 0 Å². The maximum Gasteiger partial charge on any atom is 0.188 e. The average molecular weight is 817 g/mol. The van der Waals surface area contributed by atoms with E-state index in [1.807, 2.05) is 134 Å². The van der Waals surface area contributed by atoms with Crippen LogP contribution in [0.4, 0.5) is 11.4 Å². The van der Waals surface area contributed by atoms with Crippen molar-refractivity contribution < 1.29 is 9.47 Å². The summed E-state index contributed by atoms with van der Waals surface area (Å²) in [6.07, 6.45) is 7.16. The number of hydrogen-bond acceptors (Lipinski definition) is 7. The van der Waals surface area contributed by atoms with Crippen molar-refractivity contribution in [2.75, 3.05) is 19.0 Å². The Morgan fingerprint density at radius 3 is 1.48 bits per heavy atom. The number of ether oxygens (including phenoxy) is 2. The Balaban J connectivity index is 0.854. The first-order chi connectivity index (χ1) is 31.0. The molecular formula is C53H36N8O2. The number of rotatable bonds is 9. The highest BCUT2D eigenvalue weighted by molar-refractivity contribution is 6.11. The lowest BCUT2D eigenvalue weighted by Gasteiger charge is -2.12. The van der Waals surface area contributed by atoms with Crippen LogP contribution in [-0.4, -0.2) is 43.2 Å². The summed E-state index contributed by atoms with van der Waals surface area (Å²) in [6.45, 7) is 7.57. The monoisotopic (exact) mass is 816 g/mol. The van der Waals surface area contributed by atoms with Crippen LogP contribution in [0.15, 0.2) is 183 Å². The molecule has 300 valence electrons. The van der Waals surface area contributed by atoms with Gasteiger partial charge in [-0.05, 0) is 109 Å². The quantitative estimate of drug-likeness (QED) is 0.134. The molecule has 0 bridgehead atoms. The molecule has 0 fully saturated rings. The summed E-state index contributed by atoms with van der Waals surface area (Å²) in [5.41, 5.74) is 8.89. The Labute approximate surface area is 362 Å². The summed E-state index contributed by atoms with van der Waals surface area (Å²) < 4.78 is 17.3. The van der Waals surface area contributed by atoms with E-state index in [0.717, 1.165) is 77.8 Å². The van der Waals surface area contributed by atoms with E-state index in [1.54, 1.807) is 18.6 Å². The van der Waals surface area contributed by atoms with Crippen LogP contribution in [0.5, 0.6) is 23.0 Å². The molecule has 11 rings (SSSR count). The van der Waals surface area contributed by atoms with Gasteiger partial charge in [-0.2, -0.15) is 0 Å². The second kappa shape index (κ2) is 15.3. The highest BCUT2D eigenvalue weighted by Crippen LogP contribution is 2.39. The number of fused-ring (bicyclic) bond motifs is 6. The summed E-state index contributed by atoms with van der Waals surface area (Å²) in [7, 11) is 4.11. The lowest BCUT2D eigenvalue weighted by molar-refractivity contribution is 0.483. The molecule has 0 unspecified atom stereocenters. The van der Waals surface area contributed by atoms with Gasteiger partial charge in [0.25, 0.3) is 0 Å². The molecule has 5 heterocycles. The van der Waals surface area contributed by atoms with E-state index < -0.39 is 0 Å². The van der Waals surface area contributed by atoms with E-state index >= 15 is 0 Å². The van der Waals surface area contributed by atoms with Gasteiger partial charge in [-0.15, -0.1) is 0 Å². The van der Waals surface area contributed by atoms with Gasteiger partial charge in [-0.25, -0.2) is 14.8 Å². The lowest BCUT2D eigenvalue weighted by Crippen LogP contribution is -2.08. The number of anilines is 1. The fourth-order valence-electron chi connectivity index (χ4n) is 8.25. The third-order valence-electron chi connectivity index (χ3n) is 11.2. The second-order valence-electron chi connectivity index (χ2n) is 15.4. The van der Waals surface area contributed by atoms with Crippen LogP contribution in [0.3, 0.4) is 0 Å². The van der Waals surface area contributed by atoms with Gasteiger partial charge in [0, 0.05) is 71.6 Å². The number of pyridine rings is 2. The summed E-state index contributed by atoms with van der Waals surface area (Å²) >= 11 is 0. The first kappa shape index (κ1) is 37.2. The highest BCUT2D eigenvalue weighted by atomic mass is 16.5. The molecule has 0 saturated heterocycles. The molecule has 0 aliphatic carbocycles. The standard InChI is InChI=1S/C53H36N8O2/c1-54-36-16-22-48-44(28-36)42-20-18-40(30-50(42)60(48)52-14-4-6-24-55-52)62-38-12-8-10-34(26-38)46-32-58-47(33-57-46)35-11-9-13-39(27-35)63-41-19-21-43-45-29-37(59(2)3)17-23-49(45)61(51(43)31-41)53-15-5-7-25-56-53/h4-33H,2-3H3. The Hall–Kier alpha value is -8.81. The number of nitrogens with zero attached hydrogens (tertiary/aromatic N) is 8. The van der Waals surface area contributed by atoms with Gasteiger partial charge in [-0.3, -0.25) is 19.1 Å². The fourth-order valence-corrected chi connectivity index (χ4v) is 8.25. The van der Waals surface area contributed by atoms with Crippen LogP contribution in [0.2, 0.25) is 0 Å². The van der Waals surface area contributed by atoms with Gasteiger partial charge in [0.1, 0.15) is 34.6 Å². The molecule has 0 radical (unpaired) electrons. The van der Waals surface area contributed by atoms with E-state index in [2.05, 4.69) is 68.3 Å². The highest BCUT2D eigenvalue weighted by Gasteiger charge is 2.17.